The summed E-state index contributed by atoms with van der Waals surface area (Å²) in [6, 6.07) is 7.07. The lowest BCUT2D eigenvalue weighted by Crippen LogP contribution is -2.43. The van der Waals surface area contributed by atoms with Crippen molar-refractivity contribution in [2.75, 3.05) is 12.3 Å². The van der Waals surface area contributed by atoms with Gasteiger partial charge >= 0.3 is 6.18 Å². The molecule has 1 unspecified atom stereocenters. The normalized spacial score (nSPS) is 14.3. The average Bonchev–Trinajstić information content (AvgIpc) is 2.51. The maximum Gasteiger partial charge on any atom is 0.419 e. The first-order chi connectivity index (χ1) is 12.0. The summed E-state index contributed by atoms with van der Waals surface area (Å²) in [6.45, 7) is 5.77. The molecule has 0 aliphatic rings. The minimum Gasteiger partial charge on any atom is -0.491 e. The highest BCUT2D eigenvalue weighted by Crippen LogP contribution is 2.39. The molecule has 7 heteroatoms. The molecule has 0 saturated heterocycles. The van der Waals surface area contributed by atoms with Crippen molar-refractivity contribution in [2.24, 2.45) is 11.7 Å². The minimum atomic E-state index is -4.55. The molecular weight excluding hydrogens is 343 g/mol. The fourth-order valence-corrected chi connectivity index (χ4v) is 2.92. The number of nitrogen functional groups attached to an aromatic ring is 1. The second-order valence-electron chi connectivity index (χ2n) is 7.22. The van der Waals surface area contributed by atoms with Crippen LogP contribution in [0.2, 0.25) is 0 Å². The van der Waals surface area contributed by atoms with Gasteiger partial charge in [-0.05, 0) is 54.7 Å². The minimum absolute atomic E-state index is 0.00415. The van der Waals surface area contributed by atoms with Gasteiger partial charge in [-0.1, -0.05) is 19.9 Å². The van der Waals surface area contributed by atoms with E-state index in [1.54, 1.807) is 19.1 Å². The summed E-state index contributed by atoms with van der Waals surface area (Å²) < 4.78 is 46.0. The number of hydrogen-bond donors (Lipinski definition) is 2. The number of anilines is 1. The first-order valence-corrected chi connectivity index (χ1v) is 8.33. The fourth-order valence-electron chi connectivity index (χ4n) is 2.92. The Morgan fingerprint density at radius 3 is 2.35 bits per heavy atom. The molecule has 1 heterocycles. The van der Waals surface area contributed by atoms with Crippen LogP contribution in [0.1, 0.15) is 32.8 Å². The lowest BCUT2D eigenvalue weighted by Gasteiger charge is -2.27. The largest absolute Gasteiger partial charge is 0.491 e. The zero-order valence-electron chi connectivity index (χ0n) is 15.1. The van der Waals surface area contributed by atoms with Crippen molar-refractivity contribution in [1.82, 2.24) is 4.98 Å². The van der Waals surface area contributed by atoms with Crippen molar-refractivity contribution in [2.45, 2.75) is 38.9 Å². The molecule has 0 radical (unpaired) electrons. The Labute approximate surface area is 151 Å². The number of benzene rings is 1. The van der Waals surface area contributed by atoms with Crippen LogP contribution < -0.4 is 16.2 Å². The van der Waals surface area contributed by atoms with Gasteiger partial charge in [0, 0.05) is 11.7 Å². The molecule has 0 aliphatic carbocycles. The van der Waals surface area contributed by atoms with Crippen LogP contribution in [0, 0.1) is 5.92 Å². The Morgan fingerprint density at radius 2 is 1.77 bits per heavy atom. The number of rotatable bonds is 6. The molecule has 1 aromatic carbocycles. The highest BCUT2D eigenvalue weighted by molar-refractivity contribution is 5.68. The monoisotopic (exact) mass is 367 g/mol. The average molecular weight is 367 g/mol. The number of nitrogens with two attached hydrogens (primary N) is 2. The van der Waals surface area contributed by atoms with Crippen LogP contribution in [0.15, 0.2) is 36.5 Å². The van der Waals surface area contributed by atoms with Gasteiger partial charge in [-0.3, -0.25) is 0 Å². The van der Waals surface area contributed by atoms with E-state index in [4.69, 9.17) is 16.2 Å². The van der Waals surface area contributed by atoms with Crippen molar-refractivity contribution in [3.05, 3.63) is 42.1 Å². The third-order valence-electron chi connectivity index (χ3n) is 3.83. The molecule has 0 aliphatic heterocycles. The van der Waals surface area contributed by atoms with E-state index in [9.17, 15) is 13.2 Å². The maximum absolute atomic E-state index is 13.5. The van der Waals surface area contributed by atoms with E-state index in [2.05, 4.69) is 4.98 Å². The van der Waals surface area contributed by atoms with Gasteiger partial charge in [-0.2, -0.15) is 13.2 Å². The third-order valence-corrected chi connectivity index (χ3v) is 3.83. The lowest BCUT2D eigenvalue weighted by atomic mass is 9.93. The van der Waals surface area contributed by atoms with Crippen molar-refractivity contribution in [3.8, 4) is 16.9 Å². The summed E-state index contributed by atoms with van der Waals surface area (Å²) in [4.78, 5) is 3.85. The van der Waals surface area contributed by atoms with Crippen molar-refractivity contribution >= 4 is 5.82 Å². The van der Waals surface area contributed by atoms with Crippen LogP contribution in [-0.2, 0) is 6.18 Å². The number of ether oxygens (including phenoxy) is 1. The third kappa shape index (κ3) is 5.36. The number of halogens is 3. The highest BCUT2D eigenvalue weighted by Gasteiger charge is 2.35. The van der Waals surface area contributed by atoms with Gasteiger partial charge in [0.2, 0.25) is 0 Å². The topological polar surface area (TPSA) is 74.2 Å². The summed E-state index contributed by atoms with van der Waals surface area (Å²) in [5.41, 5.74) is 11.1. The van der Waals surface area contributed by atoms with Gasteiger partial charge in [0.1, 0.15) is 18.2 Å². The van der Waals surface area contributed by atoms with E-state index in [0.29, 0.717) is 23.5 Å². The van der Waals surface area contributed by atoms with Gasteiger partial charge in [0.25, 0.3) is 0 Å². The second kappa shape index (κ2) is 7.53. The Morgan fingerprint density at radius 1 is 1.12 bits per heavy atom. The molecule has 26 heavy (non-hydrogen) atoms. The van der Waals surface area contributed by atoms with Crippen LogP contribution in [-0.4, -0.2) is 17.1 Å². The summed E-state index contributed by atoms with van der Waals surface area (Å²) in [5.74, 6) is 0.322. The first kappa shape index (κ1) is 20.0. The fraction of sp³-hybridized carbons (Fsp3) is 0.421. The van der Waals surface area contributed by atoms with E-state index in [0.717, 1.165) is 6.07 Å². The Hall–Kier alpha value is -2.28. The van der Waals surface area contributed by atoms with Gasteiger partial charge in [-0.15, -0.1) is 0 Å². The molecule has 0 spiro atoms. The number of pyridine rings is 1. The molecule has 142 valence electrons. The maximum atomic E-state index is 13.5. The van der Waals surface area contributed by atoms with E-state index in [1.807, 2.05) is 13.8 Å². The van der Waals surface area contributed by atoms with Crippen LogP contribution in [0.3, 0.4) is 0 Å². The molecule has 4 N–H and O–H groups in total. The molecule has 0 fully saturated rings. The number of hydrogen-bond acceptors (Lipinski definition) is 4. The van der Waals surface area contributed by atoms with Crippen LogP contribution in [0.5, 0.6) is 5.75 Å². The van der Waals surface area contributed by atoms with E-state index < -0.39 is 17.3 Å². The van der Waals surface area contributed by atoms with Crippen molar-refractivity contribution in [3.63, 3.8) is 0 Å². The summed E-state index contributed by atoms with van der Waals surface area (Å²) in [7, 11) is 0. The van der Waals surface area contributed by atoms with Crippen molar-refractivity contribution in [1.29, 1.82) is 0 Å². The molecule has 2 aromatic rings. The Balaban J connectivity index is 2.32. The summed E-state index contributed by atoms with van der Waals surface area (Å²) >= 11 is 0. The number of aromatic nitrogens is 1. The van der Waals surface area contributed by atoms with E-state index in [-0.39, 0.29) is 18.2 Å². The molecule has 2 rings (SSSR count). The molecule has 1 aromatic heterocycles. The lowest BCUT2D eigenvalue weighted by molar-refractivity contribution is -0.139. The molecule has 4 nitrogen and oxygen atoms in total. The predicted molar refractivity (Wildman–Crippen MR) is 96.6 cm³/mol. The SMILES string of the molecule is CC(C)CC(C)(N)COc1ccc(-c2ccnc(N)c2)cc1C(F)(F)F. The molecule has 0 saturated carbocycles. The smallest absolute Gasteiger partial charge is 0.419 e. The van der Waals surface area contributed by atoms with Crippen LogP contribution >= 0.6 is 0 Å². The van der Waals surface area contributed by atoms with Crippen LogP contribution in [0.25, 0.3) is 11.1 Å². The van der Waals surface area contributed by atoms with Gasteiger partial charge in [0.15, 0.2) is 0 Å². The zero-order valence-corrected chi connectivity index (χ0v) is 15.1. The predicted octanol–water partition coefficient (Wildman–Crippen LogP) is 4.49. The molecule has 0 bridgehead atoms. The summed E-state index contributed by atoms with van der Waals surface area (Å²) in [5, 5.41) is 0. The van der Waals surface area contributed by atoms with Gasteiger partial charge in [-0.25, -0.2) is 4.98 Å². The Kier molecular flexibility index (Phi) is 5.81. The van der Waals surface area contributed by atoms with Gasteiger partial charge < -0.3 is 16.2 Å². The zero-order chi connectivity index (χ0) is 19.5. The molecule has 1 atom stereocenters. The number of alkyl halides is 3. The first-order valence-electron chi connectivity index (χ1n) is 8.33. The number of nitrogens with zero attached hydrogens (tertiary/aromatic N) is 1. The highest BCUT2D eigenvalue weighted by atomic mass is 19.4. The second-order valence-corrected chi connectivity index (χ2v) is 7.22. The van der Waals surface area contributed by atoms with E-state index in [1.165, 1.54) is 18.3 Å². The van der Waals surface area contributed by atoms with Crippen LogP contribution in [0.4, 0.5) is 19.0 Å². The Bertz CT molecular complexity index is 758. The molecule has 0 amide bonds. The van der Waals surface area contributed by atoms with Crippen molar-refractivity contribution < 1.29 is 17.9 Å². The summed E-state index contributed by atoms with van der Waals surface area (Å²) in [6.07, 6.45) is -2.45. The standard InChI is InChI=1S/C19H24F3N3O/c1-12(2)10-18(3,24)11-26-16-5-4-13(8-15(16)19(20,21)22)14-6-7-25-17(23)9-14/h4-9,12H,10-11,24H2,1-3H3,(H2,23,25). The molecular formula is C19H24F3N3O. The van der Waals surface area contributed by atoms with E-state index >= 15 is 0 Å². The van der Waals surface area contributed by atoms with Gasteiger partial charge in [0.05, 0.1) is 5.56 Å². The quantitative estimate of drug-likeness (QED) is 0.789.